The number of rotatable bonds is 2. The Hall–Kier alpha value is -0.150. The fourth-order valence-electron chi connectivity index (χ4n) is 0.506. The van der Waals surface area contributed by atoms with E-state index in [0.29, 0.717) is 11.0 Å². The molecule has 0 unspecified atom stereocenters. The summed E-state index contributed by atoms with van der Waals surface area (Å²) in [5.74, 6) is 0. The first kappa shape index (κ1) is 5.98. The summed E-state index contributed by atoms with van der Waals surface area (Å²) in [6, 6.07) is 0.618. The van der Waals surface area contributed by atoms with Gasteiger partial charge in [-0.25, -0.2) is 0 Å². The zero-order valence-corrected chi connectivity index (χ0v) is 5.42. The standard InChI is InChI=1S/C5H9N2S/c6-3-5(8)7-4-1-2-4/h4,6H,1-3H2,(H,7,8). The van der Waals surface area contributed by atoms with Crippen LogP contribution in [0.2, 0.25) is 0 Å². The Labute approximate surface area is 54.4 Å². The van der Waals surface area contributed by atoms with Gasteiger partial charge in [-0.2, -0.15) is 0 Å². The van der Waals surface area contributed by atoms with Crippen molar-refractivity contribution in [2.24, 2.45) is 0 Å². The Morgan fingerprint density at radius 3 is 2.75 bits per heavy atom. The molecule has 0 amide bonds. The van der Waals surface area contributed by atoms with Crippen LogP contribution in [-0.4, -0.2) is 17.6 Å². The van der Waals surface area contributed by atoms with E-state index in [0.717, 1.165) is 0 Å². The van der Waals surface area contributed by atoms with E-state index >= 15 is 0 Å². The molecule has 2 nitrogen and oxygen atoms in total. The lowest BCUT2D eigenvalue weighted by atomic mass is 10.6. The lowest BCUT2D eigenvalue weighted by molar-refractivity contribution is 0.903. The van der Waals surface area contributed by atoms with Gasteiger partial charge in [-0.15, -0.1) is 0 Å². The van der Waals surface area contributed by atoms with Gasteiger partial charge < -0.3 is 5.32 Å². The summed E-state index contributed by atoms with van der Waals surface area (Å²) < 4.78 is 0. The van der Waals surface area contributed by atoms with Crippen molar-refractivity contribution >= 4 is 17.2 Å². The highest BCUT2D eigenvalue weighted by Crippen LogP contribution is 2.18. The molecule has 3 heteroatoms. The highest BCUT2D eigenvalue weighted by molar-refractivity contribution is 7.80. The van der Waals surface area contributed by atoms with E-state index < -0.39 is 0 Å². The predicted molar refractivity (Wildman–Crippen MR) is 36.7 cm³/mol. The van der Waals surface area contributed by atoms with Crippen molar-refractivity contribution in [3.05, 3.63) is 0 Å². The number of thiocarbonyl (C=S) groups is 1. The minimum Gasteiger partial charge on any atom is -0.376 e. The summed E-state index contributed by atoms with van der Waals surface area (Å²) in [6.45, 7) is 0.242. The zero-order chi connectivity index (χ0) is 5.98. The molecule has 1 aliphatic carbocycles. The normalized spacial score (nSPS) is 18.1. The Morgan fingerprint density at radius 1 is 1.75 bits per heavy atom. The summed E-state index contributed by atoms with van der Waals surface area (Å²) in [5.41, 5.74) is 6.83. The average molecular weight is 129 g/mol. The van der Waals surface area contributed by atoms with Gasteiger partial charge in [-0.3, -0.25) is 5.73 Å². The fraction of sp³-hybridized carbons (Fsp3) is 0.800. The van der Waals surface area contributed by atoms with Gasteiger partial charge in [-0.1, -0.05) is 12.2 Å². The third-order valence-electron chi connectivity index (χ3n) is 1.10. The largest absolute Gasteiger partial charge is 0.376 e. The van der Waals surface area contributed by atoms with E-state index in [9.17, 15) is 0 Å². The molecule has 1 aliphatic rings. The molecule has 0 heterocycles. The predicted octanol–water partition coefficient (Wildman–Crippen LogP) is 0.349. The number of hydrogen-bond acceptors (Lipinski definition) is 1. The van der Waals surface area contributed by atoms with Crippen LogP contribution in [0, 0.1) is 0 Å². The van der Waals surface area contributed by atoms with E-state index in [1.165, 1.54) is 12.8 Å². The SMILES string of the molecule is [NH]CC(=S)NC1CC1. The molecule has 45 valence electrons. The van der Waals surface area contributed by atoms with Gasteiger partial charge >= 0.3 is 0 Å². The quantitative estimate of drug-likeness (QED) is 0.546. The van der Waals surface area contributed by atoms with Crippen molar-refractivity contribution in [1.29, 1.82) is 0 Å². The van der Waals surface area contributed by atoms with E-state index in [-0.39, 0.29) is 6.54 Å². The van der Waals surface area contributed by atoms with Crippen LogP contribution >= 0.6 is 12.2 Å². The molecule has 0 aliphatic heterocycles. The maximum Gasteiger partial charge on any atom is 0.0910 e. The monoisotopic (exact) mass is 129 g/mol. The van der Waals surface area contributed by atoms with Crippen molar-refractivity contribution < 1.29 is 0 Å². The summed E-state index contributed by atoms with van der Waals surface area (Å²) in [5, 5.41) is 3.05. The summed E-state index contributed by atoms with van der Waals surface area (Å²) in [7, 11) is 0. The molecule has 0 saturated heterocycles. The average Bonchev–Trinajstić information content (AvgIpc) is 2.50. The topological polar surface area (TPSA) is 35.8 Å². The Bertz CT molecular complexity index is 98.6. The Balaban J connectivity index is 2.07. The molecule has 0 aromatic carbocycles. The van der Waals surface area contributed by atoms with Gasteiger partial charge in [0.05, 0.1) is 11.5 Å². The first-order valence-electron chi connectivity index (χ1n) is 2.77. The van der Waals surface area contributed by atoms with Gasteiger partial charge in [-0.05, 0) is 12.8 Å². The van der Waals surface area contributed by atoms with Crippen LogP contribution in [0.15, 0.2) is 0 Å². The van der Waals surface area contributed by atoms with Gasteiger partial charge in [0.1, 0.15) is 0 Å². The van der Waals surface area contributed by atoms with Crippen molar-refractivity contribution in [1.82, 2.24) is 11.1 Å². The highest BCUT2D eigenvalue weighted by atomic mass is 32.1. The maximum absolute atomic E-state index is 6.83. The molecule has 1 radical (unpaired) electrons. The molecule has 1 fully saturated rings. The van der Waals surface area contributed by atoms with Crippen molar-refractivity contribution in [3.63, 3.8) is 0 Å². The molecule has 0 aromatic rings. The van der Waals surface area contributed by atoms with Gasteiger partial charge in [0.2, 0.25) is 0 Å². The molecule has 0 atom stereocenters. The van der Waals surface area contributed by atoms with Crippen LogP contribution in [0.1, 0.15) is 12.8 Å². The van der Waals surface area contributed by atoms with Crippen molar-refractivity contribution in [2.45, 2.75) is 18.9 Å². The smallest absolute Gasteiger partial charge is 0.0910 e. The zero-order valence-electron chi connectivity index (χ0n) is 4.61. The molecule has 1 saturated carbocycles. The minimum absolute atomic E-state index is 0.242. The van der Waals surface area contributed by atoms with Crippen molar-refractivity contribution in [3.8, 4) is 0 Å². The number of hydrogen-bond donors (Lipinski definition) is 1. The molecular formula is C5H9N2S. The third kappa shape index (κ3) is 1.76. The van der Waals surface area contributed by atoms with Crippen molar-refractivity contribution in [2.75, 3.05) is 6.54 Å². The second-order valence-electron chi connectivity index (χ2n) is 2.02. The highest BCUT2D eigenvalue weighted by Gasteiger charge is 2.20. The second-order valence-corrected chi connectivity index (χ2v) is 2.51. The fourth-order valence-corrected chi connectivity index (χ4v) is 0.673. The summed E-state index contributed by atoms with van der Waals surface area (Å²) in [4.78, 5) is 0.688. The maximum atomic E-state index is 6.83. The summed E-state index contributed by atoms with van der Waals surface area (Å²) in [6.07, 6.45) is 2.47. The molecule has 0 spiro atoms. The molecule has 1 rings (SSSR count). The van der Waals surface area contributed by atoms with E-state index in [4.69, 9.17) is 18.0 Å². The van der Waals surface area contributed by atoms with Crippen LogP contribution < -0.4 is 11.1 Å². The van der Waals surface area contributed by atoms with Gasteiger partial charge in [0, 0.05) is 6.04 Å². The molecule has 0 aromatic heterocycles. The van der Waals surface area contributed by atoms with Crippen LogP contribution in [0.3, 0.4) is 0 Å². The lowest BCUT2D eigenvalue weighted by Gasteiger charge is -1.99. The van der Waals surface area contributed by atoms with Crippen LogP contribution in [0.4, 0.5) is 0 Å². The molecule has 0 bridgehead atoms. The lowest BCUT2D eigenvalue weighted by Crippen LogP contribution is -2.26. The first-order valence-corrected chi connectivity index (χ1v) is 3.17. The number of nitrogens with one attached hydrogen (secondary N) is 2. The first-order chi connectivity index (χ1) is 3.83. The second kappa shape index (κ2) is 2.42. The van der Waals surface area contributed by atoms with E-state index in [2.05, 4.69) is 5.32 Å². The Morgan fingerprint density at radius 2 is 2.38 bits per heavy atom. The molecule has 2 N–H and O–H groups in total. The van der Waals surface area contributed by atoms with E-state index in [1.807, 2.05) is 0 Å². The summed E-state index contributed by atoms with van der Waals surface area (Å²) >= 11 is 4.77. The van der Waals surface area contributed by atoms with Gasteiger partial charge in [0.25, 0.3) is 0 Å². The molecule has 8 heavy (non-hydrogen) atoms. The Kier molecular flexibility index (Phi) is 1.81. The molecular weight excluding hydrogens is 120 g/mol. The minimum atomic E-state index is 0.242. The van der Waals surface area contributed by atoms with Crippen LogP contribution in [0.25, 0.3) is 0 Å². The van der Waals surface area contributed by atoms with Crippen LogP contribution in [0.5, 0.6) is 0 Å². The van der Waals surface area contributed by atoms with Gasteiger partial charge in [0.15, 0.2) is 0 Å². The third-order valence-corrected chi connectivity index (χ3v) is 1.37. The van der Waals surface area contributed by atoms with Crippen LogP contribution in [-0.2, 0) is 0 Å². The van der Waals surface area contributed by atoms with E-state index in [1.54, 1.807) is 0 Å².